The first kappa shape index (κ1) is 24.4. The van der Waals surface area contributed by atoms with Crippen molar-refractivity contribution in [3.63, 3.8) is 0 Å². The van der Waals surface area contributed by atoms with Crippen molar-refractivity contribution in [3.05, 3.63) is 168 Å². The van der Waals surface area contributed by atoms with Gasteiger partial charge in [-0.05, 0) is 107 Å². The Labute approximate surface area is 252 Å². The first-order valence-corrected chi connectivity index (χ1v) is 15.4. The lowest BCUT2D eigenvalue weighted by Crippen LogP contribution is -2.00. The van der Waals surface area contributed by atoms with Crippen LogP contribution in [0.5, 0.6) is 0 Å². The standard InChI is InChI=1S/C43H30/c1-2-14-29(15-3-1)42-35-18-6-8-20-37(35)43(38-21-9-7-19-36(38)42)39-26-12-25-34-33-24-11-23-32(40(33)27-41(34)39)31-22-10-16-28-13-4-5-17-30(28)31/h1-11,13-24,26H,12,25,27H2. The fourth-order valence-corrected chi connectivity index (χ4v) is 7.83. The molecule has 0 spiro atoms. The van der Waals surface area contributed by atoms with E-state index < -0.39 is 0 Å². The van der Waals surface area contributed by atoms with E-state index in [0.29, 0.717) is 0 Å². The van der Waals surface area contributed by atoms with Crippen molar-refractivity contribution in [1.29, 1.82) is 0 Å². The Hall–Kier alpha value is -5.20. The smallest absolute Gasteiger partial charge is 0.000455 e. The largest absolute Gasteiger partial charge is 0.0760 e. The molecular weight excluding hydrogens is 516 g/mol. The summed E-state index contributed by atoms with van der Waals surface area (Å²) in [5.41, 5.74) is 14.1. The van der Waals surface area contributed by atoms with Crippen LogP contribution in [-0.4, -0.2) is 0 Å². The Bertz CT molecular complexity index is 2230. The minimum atomic E-state index is 0.971. The molecule has 7 aromatic carbocycles. The van der Waals surface area contributed by atoms with Gasteiger partial charge >= 0.3 is 0 Å². The predicted octanol–water partition coefficient (Wildman–Crippen LogP) is 11.7. The minimum absolute atomic E-state index is 0.971. The van der Waals surface area contributed by atoms with Gasteiger partial charge in [-0.15, -0.1) is 0 Å². The number of fused-ring (bicyclic) bond motifs is 5. The summed E-state index contributed by atoms with van der Waals surface area (Å²) in [6, 6.07) is 51.5. The van der Waals surface area contributed by atoms with E-state index in [1.807, 2.05) is 0 Å². The van der Waals surface area contributed by atoms with Gasteiger partial charge in [-0.2, -0.15) is 0 Å². The molecule has 0 unspecified atom stereocenters. The highest BCUT2D eigenvalue weighted by atomic mass is 14.3. The van der Waals surface area contributed by atoms with Crippen molar-refractivity contribution in [2.75, 3.05) is 0 Å². The van der Waals surface area contributed by atoms with Gasteiger partial charge in [-0.1, -0.05) is 146 Å². The lowest BCUT2D eigenvalue weighted by Gasteiger charge is -2.23. The van der Waals surface area contributed by atoms with Crippen molar-refractivity contribution in [2.24, 2.45) is 0 Å². The van der Waals surface area contributed by atoms with E-state index in [2.05, 4.69) is 146 Å². The second-order valence-electron chi connectivity index (χ2n) is 11.9. The first-order valence-electron chi connectivity index (χ1n) is 15.4. The summed E-state index contributed by atoms with van der Waals surface area (Å²) >= 11 is 0. The van der Waals surface area contributed by atoms with Crippen LogP contribution in [0.3, 0.4) is 0 Å². The molecule has 0 heteroatoms. The van der Waals surface area contributed by atoms with E-state index in [-0.39, 0.29) is 0 Å². The highest BCUT2D eigenvalue weighted by Gasteiger charge is 2.30. The minimum Gasteiger partial charge on any atom is -0.0760 e. The highest BCUT2D eigenvalue weighted by Crippen LogP contribution is 2.51. The van der Waals surface area contributed by atoms with Crippen LogP contribution in [0.4, 0.5) is 0 Å². The number of allylic oxidation sites excluding steroid dienone is 4. The molecule has 0 fully saturated rings. The van der Waals surface area contributed by atoms with Crippen LogP contribution >= 0.6 is 0 Å². The molecule has 2 aliphatic carbocycles. The van der Waals surface area contributed by atoms with Crippen molar-refractivity contribution >= 4 is 43.5 Å². The third-order valence-corrected chi connectivity index (χ3v) is 9.63. The third kappa shape index (κ3) is 3.70. The highest BCUT2D eigenvalue weighted by molar-refractivity contribution is 6.21. The molecule has 0 atom stereocenters. The molecule has 9 rings (SSSR count). The number of rotatable bonds is 3. The normalized spacial score (nSPS) is 14.3. The van der Waals surface area contributed by atoms with E-state index in [9.17, 15) is 0 Å². The Morgan fingerprint density at radius 2 is 0.953 bits per heavy atom. The number of benzene rings is 7. The molecule has 0 aromatic heterocycles. The Balaban J connectivity index is 1.27. The summed E-state index contributed by atoms with van der Waals surface area (Å²) < 4.78 is 0. The van der Waals surface area contributed by atoms with Crippen LogP contribution in [0.2, 0.25) is 0 Å². The molecule has 202 valence electrons. The van der Waals surface area contributed by atoms with Crippen LogP contribution < -0.4 is 0 Å². The fraction of sp³-hybridized carbons (Fsp3) is 0.0698. The van der Waals surface area contributed by atoms with Gasteiger partial charge in [0.05, 0.1) is 0 Å². The van der Waals surface area contributed by atoms with Gasteiger partial charge < -0.3 is 0 Å². The van der Waals surface area contributed by atoms with Gasteiger partial charge in [0, 0.05) is 0 Å². The molecular formula is C43H30. The van der Waals surface area contributed by atoms with Gasteiger partial charge in [-0.25, -0.2) is 0 Å². The second kappa shape index (κ2) is 9.68. The average molecular weight is 547 g/mol. The average Bonchev–Trinajstić information content (AvgIpc) is 3.47. The molecule has 0 bridgehead atoms. The Kier molecular flexibility index (Phi) is 5.49. The molecule has 0 amide bonds. The summed E-state index contributed by atoms with van der Waals surface area (Å²) in [5.74, 6) is 0. The molecule has 0 heterocycles. The zero-order valence-corrected chi connectivity index (χ0v) is 24.0. The topological polar surface area (TPSA) is 0 Å². The number of hydrogen-bond donors (Lipinski definition) is 0. The van der Waals surface area contributed by atoms with Gasteiger partial charge in [-0.3, -0.25) is 0 Å². The molecule has 43 heavy (non-hydrogen) atoms. The summed E-state index contributed by atoms with van der Waals surface area (Å²) in [6.07, 6.45) is 5.66. The molecule has 0 radical (unpaired) electrons. The summed E-state index contributed by atoms with van der Waals surface area (Å²) in [6.45, 7) is 0. The molecule has 0 N–H and O–H groups in total. The molecule has 2 aliphatic rings. The van der Waals surface area contributed by atoms with Gasteiger partial charge in [0.25, 0.3) is 0 Å². The summed E-state index contributed by atoms with van der Waals surface area (Å²) in [5, 5.41) is 7.94. The predicted molar refractivity (Wildman–Crippen MR) is 184 cm³/mol. The quantitative estimate of drug-likeness (QED) is 0.193. The third-order valence-electron chi connectivity index (χ3n) is 9.63. The molecule has 7 aromatic rings. The maximum absolute atomic E-state index is 2.53. The zero-order valence-electron chi connectivity index (χ0n) is 24.0. The SMILES string of the molecule is C1=C(c2c3ccccc3c(-c3ccccc3)c3ccccc23)C2=C(CC1)c1cccc(-c3cccc4ccccc34)c1C2. The molecule has 0 saturated heterocycles. The van der Waals surface area contributed by atoms with Gasteiger partial charge in [0.1, 0.15) is 0 Å². The Morgan fingerprint density at radius 3 is 1.70 bits per heavy atom. The van der Waals surface area contributed by atoms with Crippen molar-refractivity contribution in [3.8, 4) is 22.3 Å². The lowest BCUT2D eigenvalue weighted by atomic mass is 9.80. The van der Waals surface area contributed by atoms with Crippen LogP contribution in [0.1, 0.15) is 29.5 Å². The van der Waals surface area contributed by atoms with Crippen LogP contribution in [0, 0.1) is 0 Å². The van der Waals surface area contributed by atoms with E-state index in [0.717, 1.165) is 19.3 Å². The van der Waals surface area contributed by atoms with Gasteiger partial charge in [0.15, 0.2) is 0 Å². The van der Waals surface area contributed by atoms with E-state index in [1.165, 1.54) is 88.0 Å². The maximum Gasteiger partial charge on any atom is -0.000455 e. The van der Waals surface area contributed by atoms with Crippen molar-refractivity contribution < 1.29 is 0 Å². The molecule has 0 saturated carbocycles. The van der Waals surface area contributed by atoms with Crippen LogP contribution in [0.25, 0.3) is 65.7 Å². The van der Waals surface area contributed by atoms with Crippen molar-refractivity contribution in [1.82, 2.24) is 0 Å². The number of hydrogen-bond acceptors (Lipinski definition) is 0. The van der Waals surface area contributed by atoms with E-state index in [4.69, 9.17) is 0 Å². The second-order valence-corrected chi connectivity index (χ2v) is 11.9. The van der Waals surface area contributed by atoms with Crippen molar-refractivity contribution in [2.45, 2.75) is 19.3 Å². The van der Waals surface area contributed by atoms with E-state index >= 15 is 0 Å². The molecule has 0 nitrogen and oxygen atoms in total. The zero-order chi connectivity index (χ0) is 28.3. The maximum atomic E-state index is 2.53. The molecule has 0 aliphatic heterocycles. The van der Waals surface area contributed by atoms with Crippen LogP contribution in [-0.2, 0) is 6.42 Å². The lowest BCUT2D eigenvalue weighted by molar-refractivity contribution is 1.05. The Morgan fingerprint density at radius 1 is 0.395 bits per heavy atom. The van der Waals surface area contributed by atoms with E-state index in [1.54, 1.807) is 0 Å². The van der Waals surface area contributed by atoms with Crippen LogP contribution in [0.15, 0.2) is 151 Å². The van der Waals surface area contributed by atoms with Gasteiger partial charge in [0.2, 0.25) is 0 Å². The monoisotopic (exact) mass is 546 g/mol. The summed E-state index contributed by atoms with van der Waals surface area (Å²) in [4.78, 5) is 0. The summed E-state index contributed by atoms with van der Waals surface area (Å²) in [7, 11) is 0. The first-order chi connectivity index (χ1) is 21.4. The fourth-order valence-electron chi connectivity index (χ4n) is 7.83.